The van der Waals surface area contributed by atoms with E-state index in [1.807, 2.05) is 19.9 Å². The summed E-state index contributed by atoms with van der Waals surface area (Å²) < 4.78 is 0. The summed E-state index contributed by atoms with van der Waals surface area (Å²) in [4.78, 5) is 13.7. The van der Waals surface area contributed by atoms with Crippen LogP contribution in [0.3, 0.4) is 0 Å². The summed E-state index contributed by atoms with van der Waals surface area (Å²) >= 11 is 1.70. The first-order chi connectivity index (χ1) is 13.3. The molecule has 1 heterocycles. The molecule has 1 amide bonds. The number of hydrogen-bond donors (Lipinski definition) is 2. The standard InChI is InChI=1S/C23H31N3OS/c1-6-17(4)18-9-11-19(12-10-18)22(20-8-7-13-28-20)25-14-21(27)26-23(5,15-24)16(2)3/h7-13,16-17,22,25H,6,14H2,1-5H3,(H,26,27)/p+1/t17-,22+,23-/m0/s1. The van der Waals surface area contributed by atoms with Crippen molar-refractivity contribution >= 4 is 17.2 Å². The molecule has 1 aromatic heterocycles. The summed E-state index contributed by atoms with van der Waals surface area (Å²) in [5.41, 5.74) is 1.69. The largest absolute Gasteiger partial charge is 0.333 e. The number of nitrogens with zero attached hydrogens (tertiary/aromatic N) is 1. The van der Waals surface area contributed by atoms with Crippen molar-refractivity contribution in [3.63, 3.8) is 0 Å². The van der Waals surface area contributed by atoms with Crippen molar-refractivity contribution in [3.8, 4) is 6.07 Å². The van der Waals surface area contributed by atoms with E-state index in [1.54, 1.807) is 18.3 Å². The van der Waals surface area contributed by atoms with Crippen LogP contribution < -0.4 is 10.6 Å². The van der Waals surface area contributed by atoms with Gasteiger partial charge in [-0.2, -0.15) is 5.26 Å². The Bertz CT molecular complexity index is 792. The van der Waals surface area contributed by atoms with Gasteiger partial charge in [-0.05, 0) is 42.2 Å². The quantitative estimate of drug-likeness (QED) is 0.671. The van der Waals surface area contributed by atoms with Crippen molar-refractivity contribution < 1.29 is 10.1 Å². The number of carbonyl (C=O) groups is 1. The molecule has 3 atom stereocenters. The number of amides is 1. The predicted molar refractivity (Wildman–Crippen MR) is 115 cm³/mol. The van der Waals surface area contributed by atoms with E-state index >= 15 is 0 Å². The third kappa shape index (κ3) is 5.43. The van der Waals surface area contributed by atoms with Gasteiger partial charge in [0, 0.05) is 5.56 Å². The van der Waals surface area contributed by atoms with Crippen molar-refractivity contribution in [1.29, 1.82) is 5.26 Å². The number of nitrogens with one attached hydrogen (secondary N) is 1. The Balaban J connectivity index is 2.13. The smallest absolute Gasteiger partial charge is 0.276 e. The van der Waals surface area contributed by atoms with E-state index in [4.69, 9.17) is 0 Å². The molecule has 0 saturated carbocycles. The Morgan fingerprint density at radius 2 is 1.86 bits per heavy atom. The third-order valence-electron chi connectivity index (χ3n) is 5.65. The first kappa shape index (κ1) is 22.1. The van der Waals surface area contributed by atoms with E-state index in [2.05, 4.69) is 66.3 Å². The average Bonchev–Trinajstić information content (AvgIpc) is 3.22. The summed E-state index contributed by atoms with van der Waals surface area (Å²) in [6.07, 6.45) is 1.12. The molecule has 28 heavy (non-hydrogen) atoms. The zero-order chi connectivity index (χ0) is 20.7. The highest BCUT2D eigenvalue weighted by Gasteiger charge is 2.31. The molecule has 0 aliphatic heterocycles. The predicted octanol–water partition coefficient (Wildman–Crippen LogP) is 3.97. The first-order valence-corrected chi connectivity index (χ1v) is 10.9. The van der Waals surface area contributed by atoms with Crippen LogP contribution in [0.4, 0.5) is 0 Å². The molecule has 3 N–H and O–H groups in total. The fourth-order valence-electron chi connectivity index (χ4n) is 3.02. The van der Waals surface area contributed by atoms with E-state index in [1.165, 1.54) is 16.0 Å². The van der Waals surface area contributed by atoms with Crippen LogP contribution in [0.25, 0.3) is 0 Å². The number of rotatable bonds is 9. The lowest BCUT2D eigenvalue weighted by Gasteiger charge is -2.27. The van der Waals surface area contributed by atoms with Crippen LogP contribution in [0.2, 0.25) is 0 Å². The fourth-order valence-corrected chi connectivity index (χ4v) is 3.87. The monoisotopic (exact) mass is 398 g/mol. The van der Waals surface area contributed by atoms with Gasteiger partial charge in [-0.15, -0.1) is 11.3 Å². The van der Waals surface area contributed by atoms with Crippen LogP contribution in [0, 0.1) is 17.2 Å². The number of thiophene rings is 1. The summed E-state index contributed by atoms with van der Waals surface area (Å²) in [5, 5.41) is 16.4. The number of hydrogen-bond acceptors (Lipinski definition) is 3. The Kier molecular flexibility index (Phi) is 7.79. The van der Waals surface area contributed by atoms with Gasteiger partial charge >= 0.3 is 0 Å². The Morgan fingerprint density at radius 3 is 2.36 bits per heavy atom. The molecular formula is C23H32N3OS+. The van der Waals surface area contributed by atoms with Crippen molar-refractivity contribution in [1.82, 2.24) is 5.32 Å². The second-order valence-corrected chi connectivity index (χ2v) is 8.91. The van der Waals surface area contributed by atoms with Gasteiger partial charge in [-0.3, -0.25) is 4.79 Å². The Hall–Kier alpha value is -2.16. The van der Waals surface area contributed by atoms with Crippen molar-refractivity contribution in [2.75, 3.05) is 6.54 Å². The van der Waals surface area contributed by atoms with E-state index < -0.39 is 5.54 Å². The normalized spacial score (nSPS) is 15.5. The average molecular weight is 399 g/mol. The summed E-state index contributed by atoms with van der Waals surface area (Å²) in [6.45, 7) is 10.4. The third-order valence-corrected chi connectivity index (χ3v) is 6.61. The highest BCUT2D eigenvalue weighted by atomic mass is 32.1. The highest BCUT2D eigenvalue weighted by Crippen LogP contribution is 2.25. The van der Waals surface area contributed by atoms with Gasteiger partial charge in [0.15, 0.2) is 6.54 Å². The van der Waals surface area contributed by atoms with Crippen molar-refractivity contribution in [3.05, 3.63) is 57.8 Å². The molecule has 2 aromatic rings. The molecule has 1 aromatic carbocycles. The molecule has 150 valence electrons. The first-order valence-electron chi connectivity index (χ1n) is 9.99. The minimum atomic E-state index is -0.846. The van der Waals surface area contributed by atoms with E-state index in [0.29, 0.717) is 5.92 Å². The second kappa shape index (κ2) is 9.86. The van der Waals surface area contributed by atoms with Crippen molar-refractivity contribution in [2.24, 2.45) is 5.92 Å². The van der Waals surface area contributed by atoms with Crippen LogP contribution in [0.1, 0.15) is 69.0 Å². The second-order valence-electron chi connectivity index (χ2n) is 7.93. The number of quaternary nitrogens is 1. The molecule has 0 bridgehead atoms. The van der Waals surface area contributed by atoms with Gasteiger partial charge in [0.1, 0.15) is 11.6 Å². The molecule has 0 aliphatic carbocycles. The van der Waals surface area contributed by atoms with Gasteiger partial charge in [0.25, 0.3) is 5.91 Å². The van der Waals surface area contributed by atoms with Crippen LogP contribution in [-0.2, 0) is 4.79 Å². The van der Waals surface area contributed by atoms with E-state index in [9.17, 15) is 10.1 Å². The van der Waals surface area contributed by atoms with Crippen molar-refractivity contribution in [2.45, 2.75) is 58.5 Å². The molecule has 0 saturated heterocycles. The van der Waals surface area contributed by atoms with Crippen LogP contribution in [0.15, 0.2) is 41.8 Å². The molecule has 0 radical (unpaired) electrons. The Morgan fingerprint density at radius 1 is 1.21 bits per heavy atom. The van der Waals surface area contributed by atoms with Gasteiger partial charge in [-0.25, -0.2) is 0 Å². The molecule has 0 fully saturated rings. The zero-order valence-electron chi connectivity index (χ0n) is 17.5. The lowest BCUT2D eigenvalue weighted by molar-refractivity contribution is -0.676. The lowest BCUT2D eigenvalue weighted by atomic mass is 9.90. The minimum absolute atomic E-state index is 0.0441. The zero-order valence-corrected chi connectivity index (χ0v) is 18.3. The van der Waals surface area contributed by atoms with E-state index in [-0.39, 0.29) is 24.4 Å². The number of nitrogens with two attached hydrogens (primary N) is 1. The topological polar surface area (TPSA) is 69.5 Å². The summed E-state index contributed by atoms with van der Waals surface area (Å²) in [7, 11) is 0. The number of benzene rings is 1. The van der Waals surface area contributed by atoms with Crippen LogP contribution >= 0.6 is 11.3 Å². The number of nitriles is 1. The molecular weight excluding hydrogens is 366 g/mol. The SMILES string of the molecule is CC[C@H](C)c1ccc([C@@H]([NH2+]CC(=O)N[C@@](C)(C#N)C(C)C)c2cccs2)cc1. The number of carbonyl (C=O) groups excluding carboxylic acids is 1. The van der Waals surface area contributed by atoms with Crippen LogP contribution in [-0.4, -0.2) is 18.0 Å². The maximum absolute atomic E-state index is 12.5. The van der Waals surface area contributed by atoms with Gasteiger partial charge in [-0.1, -0.05) is 58.0 Å². The summed E-state index contributed by atoms with van der Waals surface area (Å²) in [6, 6.07) is 15.2. The molecule has 4 nitrogen and oxygen atoms in total. The maximum atomic E-state index is 12.5. The van der Waals surface area contributed by atoms with E-state index in [0.717, 1.165) is 6.42 Å². The molecule has 5 heteroatoms. The minimum Gasteiger partial charge on any atom is -0.333 e. The van der Waals surface area contributed by atoms with Crippen LogP contribution in [0.5, 0.6) is 0 Å². The van der Waals surface area contributed by atoms with Gasteiger partial charge < -0.3 is 10.6 Å². The molecule has 0 aliphatic rings. The Labute approximate surface area is 173 Å². The molecule has 0 unspecified atom stereocenters. The van der Waals surface area contributed by atoms with Gasteiger partial charge in [0.2, 0.25) is 0 Å². The highest BCUT2D eigenvalue weighted by molar-refractivity contribution is 7.10. The summed E-state index contributed by atoms with van der Waals surface area (Å²) in [5.74, 6) is 0.474. The lowest BCUT2D eigenvalue weighted by Crippen LogP contribution is -2.88. The van der Waals surface area contributed by atoms with Gasteiger partial charge in [0.05, 0.1) is 10.9 Å². The molecule has 2 rings (SSSR count). The molecule has 0 spiro atoms. The fraction of sp³-hybridized carbons (Fsp3) is 0.478. The maximum Gasteiger partial charge on any atom is 0.276 e.